The Morgan fingerprint density at radius 3 is 2.71 bits per heavy atom. The minimum absolute atomic E-state index is 0.172. The van der Waals surface area contributed by atoms with Gasteiger partial charge in [-0.3, -0.25) is 4.79 Å². The molecular weight excluding hydrogens is 356 g/mol. The zero-order chi connectivity index (χ0) is 19.5. The Bertz CT molecular complexity index is 1000. The molecule has 3 aromatic rings. The second-order valence-electron chi connectivity index (χ2n) is 7.18. The van der Waals surface area contributed by atoms with Gasteiger partial charge in [0.05, 0.1) is 12.1 Å². The molecule has 2 aromatic heterocycles. The summed E-state index contributed by atoms with van der Waals surface area (Å²) in [7, 11) is 0. The summed E-state index contributed by atoms with van der Waals surface area (Å²) in [5.41, 5.74) is 3.38. The predicted molar refractivity (Wildman–Crippen MR) is 107 cm³/mol. The van der Waals surface area contributed by atoms with Crippen molar-refractivity contribution in [2.45, 2.75) is 38.6 Å². The van der Waals surface area contributed by atoms with Crippen molar-refractivity contribution in [2.24, 2.45) is 5.92 Å². The molecule has 1 fully saturated rings. The van der Waals surface area contributed by atoms with E-state index in [1.807, 2.05) is 31.2 Å². The fraction of sp³-hybridized carbons (Fsp3) is 0.350. The van der Waals surface area contributed by atoms with Gasteiger partial charge in [0.15, 0.2) is 5.82 Å². The number of aliphatic carboxylic acids is 1. The van der Waals surface area contributed by atoms with Crippen molar-refractivity contribution in [1.82, 2.24) is 19.9 Å². The number of aromatic nitrogens is 4. The van der Waals surface area contributed by atoms with Crippen molar-refractivity contribution < 1.29 is 9.90 Å². The highest BCUT2D eigenvalue weighted by Crippen LogP contribution is 2.27. The van der Waals surface area contributed by atoms with E-state index >= 15 is 0 Å². The van der Waals surface area contributed by atoms with Crippen LogP contribution in [0.25, 0.3) is 11.0 Å². The molecular formula is C20H22N6O2. The van der Waals surface area contributed by atoms with Crippen LogP contribution < -0.4 is 10.6 Å². The van der Waals surface area contributed by atoms with Crippen LogP contribution in [-0.2, 0) is 4.79 Å². The molecule has 28 heavy (non-hydrogen) atoms. The molecule has 1 aliphatic carbocycles. The number of carbonyl (C=O) groups is 1. The smallest absolute Gasteiger partial charge is 0.306 e. The summed E-state index contributed by atoms with van der Waals surface area (Å²) in [6.45, 7) is 2.03. The van der Waals surface area contributed by atoms with Gasteiger partial charge in [0, 0.05) is 11.7 Å². The molecule has 0 bridgehead atoms. The standard InChI is InChI=1S/C20H22N6O2/c1-12-3-2-4-15(9-12)24-18-17-16(22-11-23-18)10-21-20(26-17)25-14-7-5-13(6-8-14)19(27)28/h2-4,9-11,13-14H,5-8H2,1H3,(H,27,28)(H,21,25,26)(H,22,23,24)/t13-,14-. The van der Waals surface area contributed by atoms with Gasteiger partial charge in [-0.15, -0.1) is 0 Å². The van der Waals surface area contributed by atoms with E-state index in [4.69, 9.17) is 5.11 Å². The van der Waals surface area contributed by atoms with Crippen LogP contribution in [-0.4, -0.2) is 37.1 Å². The van der Waals surface area contributed by atoms with Gasteiger partial charge < -0.3 is 15.7 Å². The Hall–Kier alpha value is -3.29. The number of nitrogens with one attached hydrogen (secondary N) is 2. The molecule has 2 heterocycles. The van der Waals surface area contributed by atoms with Gasteiger partial charge >= 0.3 is 5.97 Å². The van der Waals surface area contributed by atoms with E-state index in [0.717, 1.165) is 24.1 Å². The van der Waals surface area contributed by atoms with E-state index in [0.29, 0.717) is 35.6 Å². The number of nitrogens with zero attached hydrogens (tertiary/aromatic N) is 4. The molecule has 4 rings (SSSR count). The largest absolute Gasteiger partial charge is 0.481 e. The molecule has 0 aliphatic heterocycles. The molecule has 3 N–H and O–H groups in total. The van der Waals surface area contributed by atoms with Crippen LogP contribution in [0.15, 0.2) is 36.8 Å². The number of hydrogen-bond acceptors (Lipinski definition) is 7. The molecule has 8 nitrogen and oxygen atoms in total. The first-order valence-corrected chi connectivity index (χ1v) is 9.39. The summed E-state index contributed by atoms with van der Waals surface area (Å²) >= 11 is 0. The Balaban J connectivity index is 1.54. The fourth-order valence-electron chi connectivity index (χ4n) is 3.54. The van der Waals surface area contributed by atoms with Gasteiger partial charge in [-0.2, -0.15) is 0 Å². The number of hydrogen-bond donors (Lipinski definition) is 3. The average Bonchev–Trinajstić information content (AvgIpc) is 2.69. The quantitative estimate of drug-likeness (QED) is 0.618. The predicted octanol–water partition coefficient (Wildman–Crippen LogP) is 3.53. The minimum Gasteiger partial charge on any atom is -0.481 e. The zero-order valence-corrected chi connectivity index (χ0v) is 15.6. The molecule has 1 saturated carbocycles. The summed E-state index contributed by atoms with van der Waals surface area (Å²) in [6, 6.07) is 8.20. The van der Waals surface area contributed by atoms with Crippen molar-refractivity contribution in [3.63, 3.8) is 0 Å². The average molecular weight is 378 g/mol. The summed E-state index contributed by atoms with van der Waals surface area (Å²) in [5.74, 6) is 0.183. The number of fused-ring (bicyclic) bond motifs is 1. The minimum atomic E-state index is -0.704. The maximum absolute atomic E-state index is 11.1. The molecule has 1 aliphatic rings. The van der Waals surface area contributed by atoms with E-state index < -0.39 is 5.97 Å². The van der Waals surface area contributed by atoms with Crippen molar-refractivity contribution in [3.05, 3.63) is 42.4 Å². The van der Waals surface area contributed by atoms with Crippen LogP contribution in [0.3, 0.4) is 0 Å². The SMILES string of the molecule is Cc1cccc(Nc2ncnc3cnc(N[C@H]4CC[C@H](C(=O)O)CC4)nc23)c1. The molecule has 0 radical (unpaired) electrons. The monoisotopic (exact) mass is 378 g/mol. The highest BCUT2D eigenvalue weighted by Gasteiger charge is 2.26. The molecule has 0 saturated heterocycles. The van der Waals surface area contributed by atoms with Crippen molar-refractivity contribution in [3.8, 4) is 0 Å². The third-order valence-electron chi connectivity index (χ3n) is 5.07. The summed E-state index contributed by atoms with van der Waals surface area (Å²) in [6.07, 6.45) is 6.09. The second kappa shape index (κ2) is 7.75. The van der Waals surface area contributed by atoms with Crippen LogP contribution in [0.4, 0.5) is 17.5 Å². The maximum Gasteiger partial charge on any atom is 0.306 e. The molecule has 8 heteroatoms. The van der Waals surface area contributed by atoms with E-state index in [2.05, 4.69) is 30.6 Å². The molecule has 0 spiro atoms. The van der Waals surface area contributed by atoms with E-state index in [9.17, 15) is 4.79 Å². The third kappa shape index (κ3) is 4.00. The zero-order valence-electron chi connectivity index (χ0n) is 15.6. The van der Waals surface area contributed by atoms with Gasteiger partial charge in [-0.05, 0) is 50.3 Å². The Kier molecular flexibility index (Phi) is 5.01. The van der Waals surface area contributed by atoms with Crippen molar-refractivity contribution >= 4 is 34.5 Å². The van der Waals surface area contributed by atoms with E-state index in [1.54, 1.807) is 6.20 Å². The lowest BCUT2D eigenvalue weighted by atomic mass is 9.86. The number of aryl methyl sites for hydroxylation is 1. The lowest BCUT2D eigenvalue weighted by molar-refractivity contribution is -0.142. The van der Waals surface area contributed by atoms with Crippen LogP contribution in [0, 0.1) is 12.8 Å². The Labute approximate surface area is 162 Å². The van der Waals surface area contributed by atoms with Gasteiger partial charge in [-0.25, -0.2) is 19.9 Å². The van der Waals surface area contributed by atoms with E-state index in [-0.39, 0.29) is 12.0 Å². The fourth-order valence-corrected chi connectivity index (χ4v) is 3.54. The number of carboxylic acids is 1. The molecule has 144 valence electrons. The van der Waals surface area contributed by atoms with Gasteiger partial charge in [0.1, 0.15) is 17.4 Å². The van der Waals surface area contributed by atoms with E-state index in [1.165, 1.54) is 6.33 Å². The first-order chi connectivity index (χ1) is 13.6. The highest BCUT2D eigenvalue weighted by molar-refractivity contribution is 5.87. The van der Waals surface area contributed by atoms with Crippen molar-refractivity contribution in [1.29, 1.82) is 0 Å². The molecule has 0 atom stereocenters. The van der Waals surface area contributed by atoms with Gasteiger partial charge in [-0.1, -0.05) is 12.1 Å². The van der Waals surface area contributed by atoms with Gasteiger partial charge in [0.25, 0.3) is 0 Å². The second-order valence-corrected chi connectivity index (χ2v) is 7.18. The summed E-state index contributed by atoms with van der Waals surface area (Å²) < 4.78 is 0. The lowest BCUT2D eigenvalue weighted by Crippen LogP contribution is -2.29. The molecule has 0 amide bonds. The van der Waals surface area contributed by atoms with Gasteiger partial charge in [0.2, 0.25) is 5.95 Å². The van der Waals surface area contributed by atoms with Crippen LogP contribution in [0.5, 0.6) is 0 Å². The number of anilines is 3. The van der Waals surface area contributed by atoms with Crippen LogP contribution in [0.1, 0.15) is 31.2 Å². The normalized spacial score (nSPS) is 19.3. The Morgan fingerprint density at radius 1 is 1.14 bits per heavy atom. The number of rotatable bonds is 5. The third-order valence-corrected chi connectivity index (χ3v) is 5.07. The van der Waals surface area contributed by atoms with Crippen LogP contribution in [0.2, 0.25) is 0 Å². The number of benzene rings is 1. The molecule has 0 unspecified atom stereocenters. The topological polar surface area (TPSA) is 113 Å². The van der Waals surface area contributed by atoms with Crippen LogP contribution >= 0.6 is 0 Å². The highest BCUT2D eigenvalue weighted by atomic mass is 16.4. The maximum atomic E-state index is 11.1. The number of carboxylic acid groups (broad SMARTS) is 1. The first kappa shape index (κ1) is 18.1. The lowest BCUT2D eigenvalue weighted by Gasteiger charge is -2.26. The van der Waals surface area contributed by atoms with Crippen molar-refractivity contribution in [2.75, 3.05) is 10.6 Å². The summed E-state index contributed by atoms with van der Waals surface area (Å²) in [4.78, 5) is 28.7. The Morgan fingerprint density at radius 2 is 1.96 bits per heavy atom. The first-order valence-electron chi connectivity index (χ1n) is 9.39. The summed E-state index contributed by atoms with van der Waals surface area (Å²) in [5, 5.41) is 15.8. The molecule has 1 aromatic carbocycles.